The molecule has 2 aliphatic heterocycles. The van der Waals surface area contributed by atoms with Gasteiger partial charge in [0.2, 0.25) is 12.0 Å². The lowest BCUT2D eigenvalue weighted by molar-refractivity contribution is -0.146. The Morgan fingerprint density at radius 3 is 2.56 bits per heavy atom. The quantitative estimate of drug-likeness (QED) is 0.807. The van der Waals surface area contributed by atoms with Gasteiger partial charge < -0.3 is 19.1 Å². The van der Waals surface area contributed by atoms with Crippen molar-refractivity contribution in [3.05, 3.63) is 47.6 Å². The normalized spacial score (nSPS) is 22.4. The van der Waals surface area contributed by atoms with Crippen molar-refractivity contribution in [2.24, 2.45) is 0 Å². The molecule has 1 amide bonds. The van der Waals surface area contributed by atoms with E-state index in [4.69, 9.17) is 25.8 Å². The average molecular weight is 389 g/mol. The minimum Gasteiger partial charge on any atom is -0.482 e. The fourth-order valence-electron chi connectivity index (χ4n) is 3.38. The first-order valence-corrected chi connectivity index (χ1v) is 9.48. The molecule has 6 nitrogen and oxygen atoms in total. The van der Waals surface area contributed by atoms with Crippen LogP contribution in [-0.2, 0) is 4.79 Å². The third-order valence-electron chi connectivity index (χ3n) is 4.84. The third kappa shape index (κ3) is 3.81. The number of rotatable bonds is 3. The molecule has 1 saturated heterocycles. The standard InChI is InChI=1S/C20H21ClN2O4/c1-13-18(27-17-7-3-2-6-16(17)25-13)20(24)23-11-8-14(9-12-23)26-19-15(21)5-4-10-22-19/h2-7,10,13-14,18H,8-9,11-12H2,1H3/t13-,18+/m1/s1. The molecule has 2 atom stereocenters. The van der Waals surface area contributed by atoms with Gasteiger partial charge in [0.15, 0.2) is 11.5 Å². The van der Waals surface area contributed by atoms with Crippen LogP contribution < -0.4 is 14.2 Å². The maximum Gasteiger partial charge on any atom is 0.267 e. The van der Waals surface area contributed by atoms with Crippen molar-refractivity contribution in [3.8, 4) is 17.4 Å². The van der Waals surface area contributed by atoms with Crippen molar-refractivity contribution in [3.63, 3.8) is 0 Å². The highest BCUT2D eigenvalue weighted by Gasteiger charge is 2.38. The summed E-state index contributed by atoms with van der Waals surface area (Å²) in [6.07, 6.45) is 2.10. The van der Waals surface area contributed by atoms with Crippen LogP contribution in [0, 0.1) is 0 Å². The Balaban J connectivity index is 1.36. The fraction of sp³-hybridized carbons (Fsp3) is 0.400. The molecule has 3 heterocycles. The molecular formula is C20H21ClN2O4. The highest BCUT2D eigenvalue weighted by molar-refractivity contribution is 6.31. The van der Waals surface area contributed by atoms with E-state index >= 15 is 0 Å². The summed E-state index contributed by atoms with van der Waals surface area (Å²) >= 11 is 6.10. The van der Waals surface area contributed by atoms with Crippen LogP contribution in [0.5, 0.6) is 17.4 Å². The number of ether oxygens (including phenoxy) is 3. The molecule has 0 bridgehead atoms. The molecule has 0 saturated carbocycles. The van der Waals surface area contributed by atoms with E-state index in [0.717, 1.165) is 12.8 Å². The van der Waals surface area contributed by atoms with Crippen LogP contribution in [0.3, 0.4) is 0 Å². The van der Waals surface area contributed by atoms with E-state index in [1.807, 2.05) is 36.1 Å². The van der Waals surface area contributed by atoms with E-state index in [9.17, 15) is 4.79 Å². The topological polar surface area (TPSA) is 60.9 Å². The summed E-state index contributed by atoms with van der Waals surface area (Å²) in [4.78, 5) is 18.9. The van der Waals surface area contributed by atoms with Crippen molar-refractivity contribution in [2.75, 3.05) is 13.1 Å². The zero-order valence-electron chi connectivity index (χ0n) is 15.0. The molecule has 27 heavy (non-hydrogen) atoms. The summed E-state index contributed by atoms with van der Waals surface area (Å²) in [6.45, 7) is 3.06. The molecule has 0 spiro atoms. The summed E-state index contributed by atoms with van der Waals surface area (Å²) < 4.78 is 17.7. The molecule has 0 radical (unpaired) electrons. The number of aromatic nitrogens is 1. The Hall–Kier alpha value is -2.47. The van der Waals surface area contributed by atoms with Gasteiger partial charge >= 0.3 is 0 Å². The monoisotopic (exact) mass is 388 g/mol. The highest BCUT2D eigenvalue weighted by Crippen LogP contribution is 2.34. The molecule has 0 N–H and O–H groups in total. The number of para-hydroxylation sites is 2. The zero-order chi connectivity index (χ0) is 18.8. The third-order valence-corrected chi connectivity index (χ3v) is 5.13. The molecule has 2 aromatic rings. The molecular weight excluding hydrogens is 368 g/mol. The van der Waals surface area contributed by atoms with Crippen LogP contribution in [-0.4, -0.2) is 47.2 Å². The predicted octanol–water partition coefficient (Wildman–Crippen LogP) is 3.33. The number of piperidine rings is 1. The smallest absolute Gasteiger partial charge is 0.267 e. The number of pyridine rings is 1. The van der Waals surface area contributed by atoms with Gasteiger partial charge in [0, 0.05) is 32.1 Å². The van der Waals surface area contributed by atoms with Gasteiger partial charge in [-0.1, -0.05) is 23.7 Å². The predicted molar refractivity (Wildman–Crippen MR) is 100 cm³/mol. The number of carbonyl (C=O) groups is 1. The first-order valence-electron chi connectivity index (χ1n) is 9.10. The minimum absolute atomic E-state index is 0.0110. The molecule has 1 aromatic heterocycles. The number of amides is 1. The summed E-state index contributed by atoms with van der Waals surface area (Å²) in [5.41, 5.74) is 0. The second-order valence-corrected chi connectivity index (χ2v) is 7.15. The van der Waals surface area contributed by atoms with E-state index in [2.05, 4.69) is 4.98 Å². The average Bonchev–Trinajstić information content (AvgIpc) is 2.69. The van der Waals surface area contributed by atoms with Gasteiger partial charge in [-0.05, 0) is 31.2 Å². The second kappa shape index (κ2) is 7.64. The maximum absolute atomic E-state index is 12.9. The largest absolute Gasteiger partial charge is 0.482 e. The van der Waals surface area contributed by atoms with E-state index in [-0.39, 0.29) is 18.1 Å². The van der Waals surface area contributed by atoms with Gasteiger partial charge in [0.1, 0.15) is 17.2 Å². The first kappa shape index (κ1) is 17.9. The summed E-state index contributed by atoms with van der Waals surface area (Å²) in [5, 5.41) is 0.497. The molecule has 4 rings (SSSR count). The lowest BCUT2D eigenvalue weighted by Crippen LogP contribution is -2.53. The SMILES string of the molecule is C[C@H]1Oc2ccccc2O[C@@H]1C(=O)N1CCC(Oc2ncccc2Cl)CC1. The van der Waals surface area contributed by atoms with Crippen molar-refractivity contribution >= 4 is 17.5 Å². The molecule has 142 valence electrons. The number of fused-ring (bicyclic) bond motifs is 1. The van der Waals surface area contributed by atoms with Crippen molar-refractivity contribution in [2.45, 2.75) is 38.1 Å². The van der Waals surface area contributed by atoms with Crippen molar-refractivity contribution in [1.29, 1.82) is 0 Å². The Morgan fingerprint density at radius 2 is 1.85 bits per heavy atom. The number of hydrogen-bond donors (Lipinski definition) is 0. The van der Waals surface area contributed by atoms with E-state index < -0.39 is 6.10 Å². The van der Waals surface area contributed by atoms with Crippen LogP contribution in [0.1, 0.15) is 19.8 Å². The molecule has 1 aromatic carbocycles. The Labute approximate surface area is 163 Å². The molecule has 1 fully saturated rings. The maximum atomic E-state index is 12.9. The zero-order valence-corrected chi connectivity index (χ0v) is 15.8. The van der Waals surface area contributed by atoms with Crippen LogP contribution in [0.4, 0.5) is 0 Å². The molecule has 0 aliphatic carbocycles. The number of halogens is 1. The van der Waals surface area contributed by atoms with E-state index in [1.165, 1.54) is 0 Å². The van der Waals surface area contributed by atoms with E-state index in [0.29, 0.717) is 35.5 Å². The van der Waals surface area contributed by atoms with Crippen LogP contribution in [0.25, 0.3) is 0 Å². The summed E-state index contributed by atoms with van der Waals surface area (Å²) in [7, 11) is 0. The second-order valence-electron chi connectivity index (χ2n) is 6.74. The number of hydrogen-bond acceptors (Lipinski definition) is 5. The fourth-order valence-corrected chi connectivity index (χ4v) is 3.55. The lowest BCUT2D eigenvalue weighted by Gasteiger charge is -2.37. The minimum atomic E-state index is -0.636. The van der Waals surface area contributed by atoms with Gasteiger partial charge in [0.25, 0.3) is 5.91 Å². The van der Waals surface area contributed by atoms with Gasteiger partial charge in [-0.3, -0.25) is 4.79 Å². The first-order chi connectivity index (χ1) is 13.1. The molecule has 2 aliphatic rings. The summed E-state index contributed by atoms with van der Waals surface area (Å²) in [6, 6.07) is 10.9. The highest BCUT2D eigenvalue weighted by atomic mass is 35.5. The van der Waals surface area contributed by atoms with Crippen LogP contribution in [0.2, 0.25) is 5.02 Å². The van der Waals surface area contributed by atoms with Crippen molar-refractivity contribution in [1.82, 2.24) is 9.88 Å². The van der Waals surface area contributed by atoms with Crippen LogP contribution >= 0.6 is 11.6 Å². The van der Waals surface area contributed by atoms with Gasteiger partial charge in [-0.25, -0.2) is 4.98 Å². The molecule has 0 unspecified atom stereocenters. The number of likely N-dealkylation sites (tertiary alicyclic amines) is 1. The Kier molecular flexibility index (Phi) is 5.07. The van der Waals surface area contributed by atoms with E-state index in [1.54, 1.807) is 18.3 Å². The number of nitrogens with zero attached hydrogens (tertiary/aromatic N) is 2. The number of carbonyl (C=O) groups excluding carboxylic acids is 1. The van der Waals surface area contributed by atoms with Crippen molar-refractivity contribution < 1.29 is 19.0 Å². The van der Waals surface area contributed by atoms with Gasteiger partial charge in [-0.15, -0.1) is 0 Å². The van der Waals surface area contributed by atoms with Crippen LogP contribution in [0.15, 0.2) is 42.6 Å². The molecule has 7 heteroatoms. The van der Waals surface area contributed by atoms with Gasteiger partial charge in [-0.2, -0.15) is 0 Å². The lowest BCUT2D eigenvalue weighted by atomic mass is 10.1. The number of benzene rings is 1. The Bertz CT molecular complexity index is 823. The Morgan fingerprint density at radius 1 is 1.15 bits per heavy atom. The van der Waals surface area contributed by atoms with Gasteiger partial charge in [0.05, 0.1) is 0 Å². The summed E-state index contributed by atoms with van der Waals surface area (Å²) in [5.74, 6) is 1.68.